The van der Waals surface area contributed by atoms with Gasteiger partial charge < -0.3 is 9.84 Å². The standard InChI is InChI=1S/C20H36O3/c1-2-20(18-23-20)17-15-13-11-9-7-5-3-4-6-8-10-12-14-16-19(21)22/h13,15H,2-12,14,16-18H2,1H3,(H,21,22)/b15-13-. The van der Waals surface area contributed by atoms with Gasteiger partial charge in [0.1, 0.15) is 0 Å². The van der Waals surface area contributed by atoms with Gasteiger partial charge in [-0.2, -0.15) is 0 Å². The average molecular weight is 325 g/mol. The van der Waals surface area contributed by atoms with E-state index >= 15 is 0 Å². The van der Waals surface area contributed by atoms with Crippen molar-refractivity contribution in [2.24, 2.45) is 0 Å². The van der Waals surface area contributed by atoms with Crippen LogP contribution in [0.2, 0.25) is 0 Å². The number of epoxide rings is 1. The minimum Gasteiger partial charge on any atom is -0.481 e. The molecule has 0 radical (unpaired) electrons. The zero-order valence-corrected chi connectivity index (χ0v) is 15.0. The first-order valence-corrected chi connectivity index (χ1v) is 9.69. The van der Waals surface area contributed by atoms with E-state index in [1.807, 2.05) is 0 Å². The Kier molecular flexibility index (Phi) is 11.1. The van der Waals surface area contributed by atoms with Gasteiger partial charge in [-0.15, -0.1) is 0 Å². The number of allylic oxidation sites excluding steroid dienone is 1. The molecule has 1 rings (SSSR count). The topological polar surface area (TPSA) is 49.8 Å². The van der Waals surface area contributed by atoms with Crippen molar-refractivity contribution in [2.75, 3.05) is 6.61 Å². The third kappa shape index (κ3) is 11.4. The average Bonchev–Trinajstić information content (AvgIpc) is 3.31. The van der Waals surface area contributed by atoms with E-state index in [-0.39, 0.29) is 5.60 Å². The van der Waals surface area contributed by atoms with Gasteiger partial charge in [0.05, 0.1) is 12.2 Å². The van der Waals surface area contributed by atoms with Crippen LogP contribution < -0.4 is 0 Å². The number of ether oxygens (including phenoxy) is 1. The highest BCUT2D eigenvalue weighted by molar-refractivity contribution is 5.66. The predicted molar refractivity (Wildman–Crippen MR) is 95.8 cm³/mol. The highest BCUT2D eigenvalue weighted by atomic mass is 16.6. The van der Waals surface area contributed by atoms with Crippen LogP contribution in [0.3, 0.4) is 0 Å². The first kappa shape index (κ1) is 20.2. The van der Waals surface area contributed by atoms with Gasteiger partial charge in [-0.05, 0) is 32.1 Å². The molecular weight excluding hydrogens is 288 g/mol. The van der Waals surface area contributed by atoms with Gasteiger partial charge in [-0.1, -0.05) is 70.4 Å². The molecule has 0 saturated carbocycles. The summed E-state index contributed by atoms with van der Waals surface area (Å²) in [4.78, 5) is 10.4. The first-order valence-electron chi connectivity index (χ1n) is 9.69. The van der Waals surface area contributed by atoms with Gasteiger partial charge in [0.25, 0.3) is 0 Å². The number of unbranched alkanes of at least 4 members (excludes halogenated alkanes) is 10. The van der Waals surface area contributed by atoms with E-state index in [9.17, 15) is 4.79 Å². The van der Waals surface area contributed by atoms with Crippen molar-refractivity contribution < 1.29 is 14.6 Å². The summed E-state index contributed by atoms with van der Waals surface area (Å²) in [6, 6.07) is 0. The Morgan fingerprint density at radius 1 is 0.957 bits per heavy atom. The molecule has 0 aromatic rings. The highest BCUT2D eigenvalue weighted by Crippen LogP contribution is 2.34. The molecule has 1 atom stereocenters. The summed E-state index contributed by atoms with van der Waals surface area (Å²) in [6.07, 6.45) is 20.8. The number of carboxylic acid groups (broad SMARTS) is 1. The van der Waals surface area contributed by atoms with E-state index in [0.717, 1.165) is 32.3 Å². The van der Waals surface area contributed by atoms with Crippen molar-refractivity contribution in [2.45, 2.75) is 102 Å². The van der Waals surface area contributed by atoms with Gasteiger partial charge >= 0.3 is 5.97 Å². The molecule has 1 fully saturated rings. The fourth-order valence-electron chi connectivity index (χ4n) is 2.94. The molecule has 0 spiro atoms. The van der Waals surface area contributed by atoms with Crippen LogP contribution in [0, 0.1) is 0 Å². The minimum absolute atomic E-state index is 0.212. The van der Waals surface area contributed by atoms with E-state index in [1.165, 1.54) is 57.8 Å². The largest absolute Gasteiger partial charge is 0.481 e. The number of carboxylic acids is 1. The molecule has 0 aromatic carbocycles. The van der Waals surface area contributed by atoms with Gasteiger partial charge in [-0.25, -0.2) is 0 Å². The molecule has 1 heterocycles. The van der Waals surface area contributed by atoms with Crippen LogP contribution in [-0.4, -0.2) is 23.3 Å². The van der Waals surface area contributed by atoms with Crippen molar-refractivity contribution in [1.29, 1.82) is 0 Å². The normalized spacial score (nSPS) is 20.2. The Morgan fingerprint density at radius 3 is 1.96 bits per heavy atom. The first-order chi connectivity index (χ1) is 11.2. The second-order valence-corrected chi connectivity index (χ2v) is 6.97. The van der Waals surface area contributed by atoms with E-state index in [0.29, 0.717) is 6.42 Å². The summed E-state index contributed by atoms with van der Waals surface area (Å²) in [6.45, 7) is 3.16. The SMILES string of the molecule is CCC1(C/C=C\CCCCCCCCCCCCC(=O)O)CO1. The van der Waals surface area contributed by atoms with Crippen LogP contribution in [0.4, 0.5) is 0 Å². The van der Waals surface area contributed by atoms with Crippen molar-refractivity contribution in [1.82, 2.24) is 0 Å². The molecule has 23 heavy (non-hydrogen) atoms. The van der Waals surface area contributed by atoms with Gasteiger partial charge in [0.15, 0.2) is 0 Å². The predicted octanol–water partition coefficient (Wildman–Crippen LogP) is 5.88. The fraction of sp³-hybridized carbons (Fsp3) is 0.850. The molecule has 0 aliphatic carbocycles. The summed E-state index contributed by atoms with van der Waals surface area (Å²) in [5, 5.41) is 8.54. The fourth-order valence-corrected chi connectivity index (χ4v) is 2.94. The Morgan fingerprint density at radius 2 is 1.48 bits per heavy atom. The number of carbonyl (C=O) groups is 1. The zero-order chi connectivity index (χ0) is 16.8. The summed E-state index contributed by atoms with van der Waals surface area (Å²) < 4.78 is 5.49. The molecule has 134 valence electrons. The lowest BCUT2D eigenvalue weighted by molar-refractivity contribution is -0.137. The van der Waals surface area contributed by atoms with Gasteiger partial charge in [0.2, 0.25) is 0 Å². The number of rotatable bonds is 16. The maximum atomic E-state index is 10.4. The molecule has 1 aliphatic heterocycles. The number of aliphatic carboxylic acids is 1. The van der Waals surface area contributed by atoms with E-state index in [2.05, 4.69) is 19.1 Å². The summed E-state index contributed by atoms with van der Waals surface area (Å²) >= 11 is 0. The molecule has 3 heteroatoms. The Labute approximate surface area is 142 Å². The van der Waals surface area contributed by atoms with Crippen LogP contribution in [0.25, 0.3) is 0 Å². The number of hydrogen-bond donors (Lipinski definition) is 1. The lowest BCUT2D eigenvalue weighted by Crippen LogP contribution is -2.06. The smallest absolute Gasteiger partial charge is 0.303 e. The molecule has 0 aromatic heterocycles. The molecule has 0 amide bonds. The lowest BCUT2D eigenvalue weighted by Gasteiger charge is -2.03. The van der Waals surface area contributed by atoms with Crippen LogP contribution in [0.15, 0.2) is 12.2 Å². The Bertz CT molecular complexity index is 332. The monoisotopic (exact) mass is 324 g/mol. The van der Waals surface area contributed by atoms with Crippen LogP contribution in [0.5, 0.6) is 0 Å². The van der Waals surface area contributed by atoms with Crippen molar-refractivity contribution >= 4 is 5.97 Å². The summed E-state index contributed by atoms with van der Waals surface area (Å²) in [5.74, 6) is -0.661. The maximum Gasteiger partial charge on any atom is 0.303 e. The summed E-state index contributed by atoms with van der Waals surface area (Å²) in [7, 11) is 0. The second kappa shape index (κ2) is 12.6. The van der Waals surface area contributed by atoms with Crippen LogP contribution in [0.1, 0.15) is 96.8 Å². The molecule has 0 bridgehead atoms. The molecule has 1 unspecified atom stereocenters. The van der Waals surface area contributed by atoms with E-state index in [1.54, 1.807) is 0 Å². The van der Waals surface area contributed by atoms with Crippen molar-refractivity contribution in [3.05, 3.63) is 12.2 Å². The third-order valence-corrected chi connectivity index (χ3v) is 4.86. The van der Waals surface area contributed by atoms with Crippen LogP contribution >= 0.6 is 0 Å². The van der Waals surface area contributed by atoms with Crippen molar-refractivity contribution in [3.63, 3.8) is 0 Å². The van der Waals surface area contributed by atoms with Gasteiger partial charge in [-0.3, -0.25) is 4.79 Å². The van der Waals surface area contributed by atoms with Crippen LogP contribution in [-0.2, 0) is 9.53 Å². The minimum atomic E-state index is -0.661. The number of hydrogen-bond acceptors (Lipinski definition) is 2. The quantitative estimate of drug-likeness (QED) is 0.219. The molecule has 3 nitrogen and oxygen atoms in total. The Balaban J connectivity index is 1.73. The van der Waals surface area contributed by atoms with E-state index in [4.69, 9.17) is 9.84 Å². The lowest BCUT2D eigenvalue weighted by atomic mass is 10.0. The zero-order valence-electron chi connectivity index (χ0n) is 15.0. The molecule has 1 saturated heterocycles. The van der Waals surface area contributed by atoms with Crippen molar-refractivity contribution in [3.8, 4) is 0 Å². The Hall–Kier alpha value is -0.830. The summed E-state index contributed by atoms with van der Waals surface area (Å²) in [5.41, 5.74) is 0.212. The van der Waals surface area contributed by atoms with E-state index < -0.39 is 5.97 Å². The van der Waals surface area contributed by atoms with Gasteiger partial charge in [0, 0.05) is 6.42 Å². The molecule has 1 N–H and O–H groups in total. The highest BCUT2D eigenvalue weighted by Gasteiger charge is 2.41. The second-order valence-electron chi connectivity index (χ2n) is 6.97. The molecule has 1 aliphatic rings. The third-order valence-electron chi connectivity index (χ3n) is 4.86. The maximum absolute atomic E-state index is 10.4. The molecular formula is C20H36O3.